The van der Waals surface area contributed by atoms with Crippen molar-refractivity contribution in [1.82, 2.24) is 14.9 Å². The highest BCUT2D eigenvalue weighted by Crippen LogP contribution is 2.24. The third kappa shape index (κ3) is 6.99. The third-order valence-corrected chi connectivity index (χ3v) is 5.24. The Hall–Kier alpha value is -3.02. The Morgan fingerprint density at radius 1 is 1.24 bits per heavy atom. The predicted octanol–water partition coefficient (Wildman–Crippen LogP) is 3.31. The molecule has 0 saturated carbocycles. The summed E-state index contributed by atoms with van der Waals surface area (Å²) in [6.07, 6.45) is 0. The number of carbonyl (C=O) groups is 2. The largest absolute Gasteiger partial charge is 0.472 e. The smallest absolute Gasteiger partial charge is 0.303 e. The number of nitrogens with zero attached hydrogens (tertiary/aromatic N) is 2. The van der Waals surface area contributed by atoms with Crippen LogP contribution < -0.4 is 20.9 Å². The van der Waals surface area contributed by atoms with Gasteiger partial charge >= 0.3 is 5.97 Å². The van der Waals surface area contributed by atoms with Crippen LogP contribution >= 0.6 is 15.9 Å². The second-order valence-corrected chi connectivity index (χ2v) is 8.93. The molecule has 0 aliphatic carbocycles. The Balaban J connectivity index is 2.14. The SMILES string of the molecule is CC(=O)OC(C)(C)C(=O)NCCNc1nc(OCc2ccc(F)cc2F)c(Br)c(=O)n1C(C)C. The summed E-state index contributed by atoms with van der Waals surface area (Å²) < 4.78 is 39.0. The average molecular weight is 545 g/mol. The summed E-state index contributed by atoms with van der Waals surface area (Å²) in [5, 5.41) is 5.61. The van der Waals surface area contributed by atoms with E-state index in [1.807, 2.05) is 0 Å². The van der Waals surface area contributed by atoms with E-state index in [0.717, 1.165) is 12.1 Å². The summed E-state index contributed by atoms with van der Waals surface area (Å²) in [5.74, 6) is -2.46. The lowest BCUT2D eigenvalue weighted by Crippen LogP contribution is -2.46. The first kappa shape index (κ1) is 27.2. The maximum atomic E-state index is 13.9. The maximum absolute atomic E-state index is 13.9. The third-order valence-electron chi connectivity index (χ3n) is 4.57. The summed E-state index contributed by atoms with van der Waals surface area (Å²) in [4.78, 5) is 40.6. The van der Waals surface area contributed by atoms with E-state index in [-0.39, 0.29) is 47.6 Å². The molecule has 0 spiro atoms. The number of hydrogen-bond donors (Lipinski definition) is 2. The molecule has 0 saturated heterocycles. The standard InChI is InChI=1S/C22H27BrF2N4O5/c1-12(2)29-19(31)17(23)18(33-11-14-6-7-15(24)10-16(14)25)28-21(29)27-9-8-26-20(32)22(4,5)34-13(3)30/h6-7,10,12H,8-9,11H2,1-5H3,(H,26,32)(H,27,28). The summed E-state index contributed by atoms with van der Waals surface area (Å²) in [7, 11) is 0. The quantitative estimate of drug-likeness (QED) is 0.348. The average Bonchev–Trinajstić information content (AvgIpc) is 2.72. The molecule has 2 aromatic rings. The highest BCUT2D eigenvalue weighted by molar-refractivity contribution is 9.10. The molecular weight excluding hydrogens is 518 g/mol. The van der Waals surface area contributed by atoms with Crippen molar-refractivity contribution in [3.63, 3.8) is 0 Å². The lowest BCUT2D eigenvalue weighted by Gasteiger charge is -2.23. The van der Waals surface area contributed by atoms with Crippen LogP contribution in [-0.2, 0) is 20.9 Å². The predicted molar refractivity (Wildman–Crippen MR) is 125 cm³/mol. The van der Waals surface area contributed by atoms with Crippen LogP contribution in [-0.4, -0.2) is 40.1 Å². The number of esters is 1. The molecule has 0 atom stereocenters. The van der Waals surface area contributed by atoms with Crippen molar-refractivity contribution in [2.24, 2.45) is 0 Å². The molecule has 0 aliphatic heterocycles. The van der Waals surface area contributed by atoms with Crippen LogP contribution in [0.25, 0.3) is 0 Å². The van der Waals surface area contributed by atoms with Crippen LogP contribution in [0.4, 0.5) is 14.7 Å². The van der Waals surface area contributed by atoms with Gasteiger partial charge in [0.2, 0.25) is 11.8 Å². The van der Waals surface area contributed by atoms with Crippen LogP contribution in [0.3, 0.4) is 0 Å². The molecule has 1 aromatic heterocycles. The molecule has 1 heterocycles. The lowest BCUT2D eigenvalue weighted by molar-refractivity contribution is -0.162. The molecule has 2 N–H and O–H groups in total. The van der Waals surface area contributed by atoms with Gasteiger partial charge in [-0.3, -0.25) is 19.0 Å². The fourth-order valence-corrected chi connectivity index (χ4v) is 3.34. The zero-order chi connectivity index (χ0) is 25.6. The Morgan fingerprint density at radius 3 is 2.50 bits per heavy atom. The van der Waals surface area contributed by atoms with Gasteiger partial charge in [0, 0.05) is 37.7 Å². The van der Waals surface area contributed by atoms with E-state index in [1.54, 1.807) is 13.8 Å². The van der Waals surface area contributed by atoms with E-state index in [2.05, 4.69) is 31.5 Å². The number of halogens is 3. The second-order valence-electron chi connectivity index (χ2n) is 8.13. The van der Waals surface area contributed by atoms with Gasteiger partial charge < -0.3 is 20.1 Å². The van der Waals surface area contributed by atoms with Crippen molar-refractivity contribution in [3.8, 4) is 5.88 Å². The summed E-state index contributed by atoms with van der Waals surface area (Å²) >= 11 is 3.18. The lowest BCUT2D eigenvalue weighted by atomic mass is 10.1. The van der Waals surface area contributed by atoms with E-state index < -0.39 is 34.7 Å². The van der Waals surface area contributed by atoms with Crippen LogP contribution in [0.5, 0.6) is 5.88 Å². The Labute approximate surface area is 204 Å². The van der Waals surface area contributed by atoms with E-state index >= 15 is 0 Å². The van der Waals surface area contributed by atoms with Crippen LogP contribution in [0.2, 0.25) is 0 Å². The molecule has 0 fully saturated rings. The molecule has 0 aliphatic rings. The summed E-state index contributed by atoms with van der Waals surface area (Å²) in [6.45, 7) is 7.79. The topological polar surface area (TPSA) is 112 Å². The van der Waals surface area contributed by atoms with Gasteiger partial charge in [0.25, 0.3) is 11.5 Å². The first-order valence-corrected chi connectivity index (χ1v) is 11.2. The number of anilines is 1. The van der Waals surface area contributed by atoms with Crippen molar-refractivity contribution in [2.45, 2.75) is 52.9 Å². The number of nitrogens with one attached hydrogen (secondary N) is 2. The van der Waals surface area contributed by atoms with Crippen molar-refractivity contribution in [3.05, 3.63) is 50.2 Å². The van der Waals surface area contributed by atoms with Gasteiger partial charge in [-0.2, -0.15) is 4.98 Å². The fourth-order valence-electron chi connectivity index (χ4n) is 2.95. The van der Waals surface area contributed by atoms with Gasteiger partial charge in [-0.1, -0.05) is 0 Å². The molecule has 12 heteroatoms. The summed E-state index contributed by atoms with van der Waals surface area (Å²) in [5.41, 5.74) is -1.67. The van der Waals surface area contributed by atoms with Crippen LogP contribution in [0, 0.1) is 11.6 Å². The van der Waals surface area contributed by atoms with Gasteiger partial charge in [0.1, 0.15) is 22.7 Å². The number of rotatable bonds is 10. The van der Waals surface area contributed by atoms with Gasteiger partial charge in [0.15, 0.2) is 5.60 Å². The van der Waals surface area contributed by atoms with E-state index in [4.69, 9.17) is 9.47 Å². The van der Waals surface area contributed by atoms with Crippen LogP contribution in [0.15, 0.2) is 27.5 Å². The van der Waals surface area contributed by atoms with Gasteiger partial charge in [-0.05, 0) is 55.8 Å². The zero-order valence-corrected chi connectivity index (χ0v) is 21.1. The number of hydrogen-bond acceptors (Lipinski definition) is 7. The van der Waals surface area contributed by atoms with Crippen molar-refractivity contribution < 1.29 is 27.8 Å². The first-order chi connectivity index (χ1) is 15.8. The zero-order valence-electron chi connectivity index (χ0n) is 19.5. The minimum atomic E-state index is -1.33. The normalized spacial score (nSPS) is 11.3. The minimum Gasteiger partial charge on any atom is -0.472 e. The molecule has 0 radical (unpaired) electrons. The Bertz CT molecular complexity index is 1120. The molecule has 186 valence electrons. The highest BCUT2D eigenvalue weighted by atomic mass is 79.9. The van der Waals surface area contributed by atoms with Crippen molar-refractivity contribution in [1.29, 1.82) is 0 Å². The number of ether oxygens (including phenoxy) is 2. The van der Waals surface area contributed by atoms with Gasteiger partial charge in [-0.25, -0.2) is 8.78 Å². The number of carbonyl (C=O) groups excluding carboxylic acids is 2. The van der Waals surface area contributed by atoms with E-state index in [9.17, 15) is 23.2 Å². The van der Waals surface area contributed by atoms with Crippen LogP contribution in [0.1, 0.15) is 46.2 Å². The number of aromatic nitrogens is 2. The Morgan fingerprint density at radius 2 is 1.91 bits per heavy atom. The van der Waals surface area contributed by atoms with E-state index in [0.29, 0.717) is 0 Å². The summed E-state index contributed by atoms with van der Waals surface area (Å²) in [6, 6.07) is 2.82. The second kappa shape index (κ2) is 11.4. The first-order valence-electron chi connectivity index (χ1n) is 10.4. The Kier molecular flexibility index (Phi) is 9.14. The molecule has 9 nitrogen and oxygen atoms in total. The molecule has 34 heavy (non-hydrogen) atoms. The molecule has 0 bridgehead atoms. The number of benzene rings is 1. The molecule has 1 aromatic carbocycles. The van der Waals surface area contributed by atoms with E-state index in [1.165, 1.54) is 31.4 Å². The van der Waals surface area contributed by atoms with Gasteiger partial charge in [0.05, 0.1) is 0 Å². The maximum Gasteiger partial charge on any atom is 0.303 e. The molecular formula is C22H27BrF2N4O5. The fraction of sp³-hybridized carbons (Fsp3) is 0.455. The molecule has 1 amide bonds. The molecule has 0 unspecified atom stereocenters. The van der Waals surface area contributed by atoms with Crippen molar-refractivity contribution >= 4 is 33.8 Å². The molecule has 2 rings (SSSR count). The van der Waals surface area contributed by atoms with Gasteiger partial charge in [-0.15, -0.1) is 0 Å². The highest BCUT2D eigenvalue weighted by Gasteiger charge is 2.30. The minimum absolute atomic E-state index is 0.0469. The van der Waals surface area contributed by atoms with Crippen molar-refractivity contribution in [2.75, 3.05) is 18.4 Å². The monoisotopic (exact) mass is 544 g/mol. The number of amides is 1.